The molecule has 0 aromatic carbocycles. The molecule has 0 atom stereocenters. The zero-order valence-corrected chi connectivity index (χ0v) is 11.7. The van der Waals surface area contributed by atoms with Gasteiger partial charge >= 0.3 is 6.09 Å². The van der Waals surface area contributed by atoms with Crippen LogP contribution in [0.3, 0.4) is 0 Å². The van der Waals surface area contributed by atoms with Gasteiger partial charge in [0.1, 0.15) is 5.60 Å². The summed E-state index contributed by atoms with van der Waals surface area (Å²) in [6, 6.07) is 0. The Labute approximate surface area is 100 Å². The van der Waals surface area contributed by atoms with E-state index in [0.717, 1.165) is 25.9 Å². The van der Waals surface area contributed by atoms with Crippen molar-refractivity contribution in [2.24, 2.45) is 5.73 Å². The lowest BCUT2D eigenvalue weighted by atomic mass is 10.2. The van der Waals surface area contributed by atoms with E-state index in [9.17, 15) is 4.79 Å². The predicted molar refractivity (Wildman–Crippen MR) is 68.5 cm³/mol. The van der Waals surface area contributed by atoms with Crippen molar-refractivity contribution in [3.8, 4) is 0 Å². The van der Waals surface area contributed by atoms with Crippen molar-refractivity contribution in [1.82, 2.24) is 4.90 Å². The van der Waals surface area contributed by atoms with Crippen LogP contribution in [0.15, 0.2) is 0 Å². The van der Waals surface area contributed by atoms with Crippen molar-refractivity contribution in [3.05, 3.63) is 0 Å². The molecule has 2 N–H and O–H groups in total. The van der Waals surface area contributed by atoms with E-state index in [2.05, 4.69) is 6.92 Å². The highest BCUT2D eigenvalue weighted by Crippen LogP contribution is 2.09. The van der Waals surface area contributed by atoms with Gasteiger partial charge in [-0.1, -0.05) is 20.3 Å². The molecule has 16 heavy (non-hydrogen) atoms. The second-order valence-corrected chi connectivity index (χ2v) is 4.66. The average molecular weight is 232 g/mol. The largest absolute Gasteiger partial charge is 0.444 e. The highest BCUT2D eigenvalue weighted by atomic mass is 16.6. The molecule has 0 bridgehead atoms. The van der Waals surface area contributed by atoms with Crippen molar-refractivity contribution in [2.75, 3.05) is 20.1 Å². The number of nitrogens with two attached hydrogens (primary N) is 1. The van der Waals surface area contributed by atoms with Gasteiger partial charge in [-0.3, -0.25) is 0 Å². The summed E-state index contributed by atoms with van der Waals surface area (Å²) in [7, 11) is 1.77. The Hall–Kier alpha value is -0.770. The first-order valence-corrected chi connectivity index (χ1v) is 5.92. The van der Waals surface area contributed by atoms with Crippen molar-refractivity contribution >= 4 is 6.09 Å². The minimum atomic E-state index is -0.391. The summed E-state index contributed by atoms with van der Waals surface area (Å²) >= 11 is 0. The van der Waals surface area contributed by atoms with Gasteiger partial charge in [-0.15, -0.1) is 0 Å². The molecule has 0 aliphatic carbocycles. The summed E-state index contributed by atoms with van der Waals surface area (Å²) in [5.41, 5.74) is 4.46. The molecule has 0 spiro atoms. The predicted octanol–water partition coefficient (Wildman–Crippen LogP) is 2.62. The topological polar surface area (TPSA) is 55.6 Å². The molecule has 98 valence electrons. The molecule has 0 heterocycles. The summed E-state index contributed by atoms with van der Waals surface area (Å²) in [6.07, 6.45) is 1.88. The summed E-state index contributed by atoms with van der Waals surface area (Å²) in [5, 5.41) is 0. The lowest BCUT2D eigenvalue weighted by Crippen LogP contribution is -2.34. The number of carbonyl (C=O) groups is 1. The molecule has 0 aromatic rings. The average Bonchev–Trinajstić information content (AvgIpc) is 2.12. The van der Waals surface area contributed by atoms with Crippen molar-refractivity contribution < 1.29 is 9.53 Å². The summed E-state index contributed by atoms with van der Waals surface area (Å²) in [5.74, 6) is 0. The first-order valence-electron chi connectivity index (χ1n) is 5.92. The van der Waals surface area contributed by atoms with E-state index in [1.165, 1.54) is 0 Å². The minimum Gasteiger partial charge on any atom is -0.444 e. The quantitative estimate of drug-likeness (QED) is 0.813. The zero-order chi connectivity index (χ0) is 13.2. The zero-order valence-electron chi connectivity index (χ0n) is 11.7. The fourth-order valence-electron chi connectivity index (χ4n) is 0.826. The number of rotatable bonds is 3. The number of amides is 1. The van der Waals surface area contributed by atoms with Crippen molar-refractivity contribution in [1.29, 1.82) is 0 Å². The lowest BCUT2D eigenvalue weighted by molar-refractivity contribution is 0.0297. The molecule has 0 unspecified atom stereocenters. The van der Waals surface area contributed by atoms with Gasteiger partial charge in [0.25, 0.3) is 0 Å². The number of unbranched alkanes of at least 4 members (excludes halogenated alkanes) is 1. The number of ether oxygens (including phenoxy) is 1. The molecule has 0 fully saturated rings. The monoisotopic (exact) mass is 232 g/mol. The Morgan fingerprint density at radius 1 is 1.31 bits per heavy atom. The molecule has 0 radical (unpaired) electrons. The fraction of sp³-hybridized carbons (Fsp3) is 0.917. The number of nitrogens with zero attached hydrogens (tertiary/aromatic N) is 1. The standard InChI is InChI=1S/C10H21NO2.C2H7N/c1-6-7-8-11(5)9(12)13-10(2,3)4;1-2-3/h6-8H2,1-5H3;2-3H2,1H3. The molecule has 4 nitrogen and oxygen atoms in total. The van der Waals surface area contributed by atoms with Crippen molar-refractivity contribution in [2.45, 2.75) is 53.1 Å². The van der Waals surface area contributed by atoms with Gasteiger partial charge in [0.2, 0.25) is 0 Å². The van der Waals surface area contributed by atoms with Crippen LogP contribution in [0.4, 0.5) is 4.79 Å². The Morgan fingerprint density at radius 3 is 2.06 bits per heavy atom. The molecule has 0 rings (SSSR count). The maximum absolute atomic E-state index is 11.4. The summed E-state index contributed by atoms with van der Waals surface area (Å²) in [6.45, 7) is 11.1. The molecule has 0 saturated heterocycles. The first-order chi connectivity index (χ1) is 7.28. The normalized spacial score (nSPS) is 10.2. The van der Waals surface area contributed by atoms with E-state index in [-0.39, 0.29) is 6.09 Å². The molecule has 0 saturated carbocycles. The number of hydrogen-bond acceptors (Lipinski definition) is 3. The van der Waals surface area contributed by atoms with Crippen molar-refractivity contribution in [3.63, 3.8) is 0 Å². The molecular formula is C12H28N2O2. The molecule has 4 heteroatoms. The lowest BCUT2D eigenvalue weighted by Gasteiger charge is -2.24. The Morgan fingerprint density at radius 2 is 1.75 bits per heavy atom. The van der Waals surface area contributed by atoms with E-state index in [1.54, 1.807) is 11.9 Å². The molecule has 0 aliphatic heterocycles. The number of hydrogen-bond donors (Lipinski definition) is 1. The third kappa shape index (κ3) is 13.2. The van der Waals surface area contributed by atoms with Crippen LogP contribution in [0.25, 0.3) is 0 Å². The van der Waals surface area contributed by atoms with Gasteiger partial charge < -0.3 is 15.4 Å². The highest BCUT2D eigenvalue weighted by molar-refractivity contribution is 5.67. The third-order valence-electron chi connectivity index (χ3n) is 1.55. The van der Waals surface area contributed by atoms with Crippen LogP contribution in [0, 0.1) is 0 Å². The summed E-state index contributed by atoms with van der Waals surface area (Å²) < 4.78 is 5.18. The van der Waals surface area contributed by atoms with Gasteiger partial charge in [-0.25, -0.2) is 4.79 Å². The summed E-state index contributed by atoms with van der Waals surface area (Å²) in [4.78, 5) is 13.0. The van der Waals surface area contributed by atoms with Crippen LogP contribution < -0.4 is 5.73 Å². The fourth-order valence-corrected chi connectivity index (χ4v) is 0.826. The van der Waals surface area contributed by atoms with Gasteiger partial charge in [0.15, 0.2) is 0 Å². The van der Waals surface area contributed by atoms with Gasteiger partial charge in [0.05, 0.1) is 0 Å². The van der Waals surface area contributed by atoms with Gasteiger partial charge in [-0.2, -0.15) is 0 Å². The highest BCUT2D eigenvalue weighted by Gasteiger charge is 2.18. The molecule has 0 aromatic heterocycles. The second-order valence-electron chi connectivity index (χ2n) is 4.66. The maximum atomic E-state index is 11.4. The number of carbonyl (C=O) groups excluding carboxylic acids is 1. The van der Waals surface area contributed by atoms with Crippen LogP contribution in [0.1, 0.15) is 47.5 Å². The Balaban J connectivity index is 0. The van der Waals surface area contributed by atoms with Crippen LogP contribution >= 0.6 is 0 Å². The van der Waals surface area contributed by atoms with Crippen LogP contribution in [0.2, 0.25) is 0 Å². The van der Waals surface area contributed by atoms with Crippen LogP contribution in [-0.2, 0) is 4.74 Å². The Bertz CT molecular complexity index is 176. The van der Waals surface area contributed by atoms with E-state index in [4.69, 9.17) is 10.5 Å². The molecule has 1 amide bonds. The smallest absolute Gasteiger partial charge is 0.410 e. The van der Waals surface area contributed by atoms with Gasteiger partial charge in [-0.05, 0) is 33.7 Å². The second kappa shape index (κ2) is 9.46. The first kappa shape index (κ1) is 17.6. The molecular weight excluding hydrogens is 204 g/mol. The molecule has 0 aliphatic rings. The van der Waals surface area contributed by atoms with Crippen LogP contribution in [0.5, 0.6) is 0 Å². The minimum absolute atomic E-state index is 0.235. The van der Waals surface area contributed by atoms with E-state index < -0.39 is 5.60 Å². The van der Waals surface area contributed by atoms with E-state index in [1.807, 2.05) is 27.7 Å². The maximum Gasteiger partial charge on any atom is 0.410 e. The van der Waals surface area contributed by atoms with E-state index >= 15 is 0 Å². The Kier molecular flexibility index (Phi) is 10.4. The van der Waals surface area contributed by atoms with E-state index in [0.29, 0.717) is 0 Å². The SMILES string of the molecule is CCCCN(C)C(=O)OC(C)(C)C.CCN. The third-order valence-corrected chi connectivity index (χ3v) is 1.55. The van der Waals surface area contributed by atoms with Gasteiger partial charge in [0, 0.05) is 13.6 Å². The van der Waals surface area contributed by atoms with Crippen LogP contribution in [-0.4, -0.2) is 36.7 Å².